The largest absolute Gasteiger partial charge is 0.772 e. The summed E-state index contributed by atoms with van der Waals surface area (Å²) < 4.78 is 64.4. The zero-order valence-electron chi connectivity index (χ0n) is 21.4. The lowest BCUT2D eigenvalue weighted by Gasteiger charge is -2.36. The Kier molecular flexibility index (Phi) is 8.45. The summed E-state index contributed by atoms with van der Waals surface area (Å²) in [6.45, 7) is 2.30. The molecule has 9 nitrogen and oxygen atoms in total. The van der Waals surface area contributed by atoms with Crippen molar-refractivity contribution in [1.29, 1.82) is 0 Å². The van der Waals surface area contributed by atoms with Crippen LogP contribution in [0.15, 0.2) is 66.7 Å². The van der Waals surface area contributed by atoms with E-state index in [1.54, 1.807) is 60.7 Å². The summed E-state index contributed by atoms with van der Waals surface area (Å²) in [7, 11) is 0. The van der Waals surface area contributed by atoms with Crippen molar-refractivity contribution < 1.29 is 26.9 Å². The predicted octanol–water partition coefficient (Wildman–Crippen LogP) is 5.50. The van der Waals surface area contributed by atoms with Gasteiger partial charge < -0.3 is 9.45 Å². The number of halogens is 3. The molecule has 3 heterocycles. The van der Waals surface area contributed by atoms with Crippen molar-refractivity contribution in [3.63, 3.8) is 0 Å². The van der Waals surface area contributed by atoms with Gasteiger partial charge in [0.15, 0.2) is 0 Å². The number of alkyl halides is 3. The molecule has 2 aromatic heterocycles. The maximum Gasteiger partial charge on any atom is 0.451 e. The van der Waals surface area contributed by atoms with E-state index in [1.807, 2.05) is 4.90 Å². The van der Waals surface area contributed by atoms with E-state index in [0.29, 0.717) is 55.0 Å². The Balaban J connectivity index is 1.52. The monoisotopic (exact) mass is 602 g/mol. The fourth-order valence-electron chi connectivity index (χ4n) is 4.67. The molecule has 0 N–H and O–H groups in total. The van der Waals surface area contributed by atoms with Gasteiger partial charge in [-0.25, -0.2) is 9.97 Å². The Labute approximate surface area is 239 Å². The molecule has 0 bridgehead atoms. The lowest BCUT2D eigenvalue weighted by molar-refractivity contribution is -0.380. The fourth-order valence-corrected chi connectivity index (χ4v) is 5.99. The van der Waals surface area contributed by atoms with Crippen molar-refractivity contribution in [2.45, 2.75) is 18.5 Å². The number of nitrogens with zero attached hydrogens (tertiary/aromatic N) is 5. The van der Waals surface area contributed by atoms with Crippen molar-refractivity contribution in [3.05, 3.63) is 93.1 Å². The smallest absolute Gasteiger partial charge is 0.451 e. The maximum absolute atomic E-state index is 14.1. The number of hydrogen-bond donors (Lipinski definition) is 0. The molecule has 41 heavy (non-hydrogen) atoms. The van der Waals surface area contributed by atoms with Gasteiger partial charge in [0.05, 0.1) is 16.2 Å². The molecule has 0 radical (unpaired) electrons. The number of benzene rings is 2. The molecule has 0 aliphatic carbocycles. The van der Waals surface area contributed by atoms with E-state index in [9.17, 15) is 32.0 Å². The molecular formula is C27H23F3N5O4S2-. The van der Waals surface area contributed by atoms with Crippen LogP contribution in [-0.2, 0) is 29.6 Å². The van der Waals surface area contributed by atoms with Gasteiger partial charge in [0, 0.05) is 55.0 Å². The molecule has 1 saturated heterocycles. The van der Waals surface area contributed by atoms with Crippen molar-refractivity contribution >= 4 is 33.2 Å². The minimum Gasteiger partial charge on any atom is -0.772 e. The van der Waals surface area contributed by atoms with Gasteiger partial charge in [0.2, 0.25) is 5.82 Å². The van der Waals surface area contributed by atoms with Gasteiger partial charge in [-0.15, -0.1) is 0 Å². The quantitative estimate of drug-likeness (QED) is 0.148. The van der Waals surface area contributed by atoms with E-state index in [4.69, 9.17) is 0 Å². The predicted molar refractivity (Wildman–Crippen MR) is 149 cm³/mol. The summed E-state index contributed by atoms with van der Waals surface area (Å²) in [5, 5.41) is 11.1. The number of nitro groups is 1. The second-order valence-corrected chi connectivity index (χ2v) is 11.4. The Morgan fingerprint density at radius 2 is 1.61 bits per heavy atom. The van der Waals surface area contributed by atoms with E-state index < -0.39 is 28.0 Å². The molecule has 1 aliphatic rings. The molecule has 0 spiro atoms. The SMILES string of the molecule is O=[N+]([O-])c1ccc(CN2CCN(c3nc(C(F)(F)F)nc(-c4ccc(CS(=O)[O-])cc4)c3-c3ccccc3)CC2)s1. The Morgan fingerprint density at radius 1 is 0.927 bits per heavy atom. The van der Waals surface area contributed by atoms with E-state index in [0.717, 1.165) is 16.2 Å². The van der Waals surface area contributed by atoms with Gasteiger partial charge in [-0.2, -0.15) is 13.2 Å². The number of thiophene rings is 1. The van der Waals surface area contributed by atoms with Gasteiger partial charge in [-0.3, -0.25) is 19.2 Å². The molecule has 0 amide bonds. The van der Waals surface area contributed by atoms with Crippen molar-refractivity contribution in [3.8, 4) is 22.4 Å². The van der Waals surface area contributed by atoms with Crippen LogP contribution < -0.4 is 4.90 Å². The van der Waals surface area contributed by atoms with Gasteiger partial charge >= 0.3 is 11.2 Å². The lowest BCUT2D eigenvalue weighted by atomic mass is 9.98. The van der Waals surface area contributed by atoms with Gasteiger partial charge in [-0.1, -0.05) is 77.0 Å². The molecule has 1 aliphatic heterocycles. The first-order valence-corrected chi connectivity index (χ1v) is 14.5. The number of anilines is 1. The van der Waals surface area contributed by atoms with Gasteiger partial charge in [-0.05, 0) is 17.2 Å². The molecular weight excluding hydrogens is 579 g/mol. The molecule has 2 aromatic carbocycles. The molecule has 14 heteroatoms. The summed E-state index contributed by atoms with van der Waals surface area (Å²) in [4.78, 5) is 23.3. The third kappa shape index (κ3) is 6.78. The Bertz CT molecular complexity index is 1560. The molecule has 0 saturated carbocycles. The zero-order chi connectivity index (χ0) is 29.1. The first kappa shape index (κ1) is 28.8. The molecule has 5 rings (SSSR count). The second-order valence-electron chi connectivity index (χ2n) is 9.36. The Morgan fingerprint density at radius 3 is 2.20 bits per heavy atom. The van der Waals surface area contributed by atoms with Crippen molar-refractivity contribution in [2.24, 2.45) is 0 Å². The van der Waals surface area contributed by atoms with Crippen LogP contribution in [0.5, 0.6) is 0 Å². The highest BCUT2D eigenvalue weighted by Crippen LogP contribution is 2.40. The van der Waals surface area contributed by atoms with Crippen LogP contribution >= 0.6 is 11.3 Å². The normalized spacial score (nSPS) is 15.2. The van der Waals surface area contributed by atoms with Crippen LogP contribution in [0, 0.1) is 10.1 Å². The minimum atomic E-state index is -4.80. The van der Waals surface area contributed by atoms with Crippen LogP contribution in [0.2, 0.25) is 0 Å². The minimum absolute atomic E-state index is 0.0636. The lowest BCUT2D eigenvalue weighted by Crippen LogP contribution is -2.46. The van der Waals surface area contributed by atoms with Crippen LogP contribution in [0.1, 0.15) is 16.3 Å². The number of hydrogen-bond acceptors (Lipinski definition) is 9. The average Bonchev–Trinajstić information content (AvgIpc) is 3.42. The zero-order valence-corrected chi connectivity index (χ0v) is 23.0. The van der Waals surface area contributed by atoms with Gasteiger partial charge in [0.25, 0.3) is 0 Å². The van der Waals surface area contributed by atoms with E-state index in [1.165, 1.54) is 6.07 Å². The molecule has 4 aromatic rings. The molecule has 1 unspecified atom stereocenters. The fraction of sp³-hybridized carbons (Fsp3) is 0.259. The number of aromatic nitrogens is 2. The summed E-state index contributed by atoms with van der Waals surface area (Å²) in [5.74, 6) is -1.32. The van der Waals surface area contributed by atoms with Crippen molar-refractivity contribution in [1.82, 2.24) is 14.9 Å². The first-order chi connectivity index (χ1) is 19.6. The van der Waals surface area contributed by atoms with E-state index in [2.05, 4.69) is 14.9 Å². The molecule has 1 atom stereocenters. The number of rotatable bonds is 8. The molecule has 1 fully saturated rings. The summed E-state index contributed by atoms with van der Waals surface area (Å²) in [6.07, 6.45) is -4.80. The van der Waals surface area contributed by atoms with Crippen LogP contribution in [-0.4, -0.2) is 54.7 Å². The highest BCUT2D eigenvalue weighted by molar-refractivity contribution is 7.78. The summed E-state index contributed by atoms with van der Waals surface area (Å²) in [6, 6.07) is 18.4. The Hall–Kier alpha value is -3.72. The molecule has 214 valence electrons. The first-order valence-electron chi connectivity index (χ1n) is 12.5. The highest BCUT2D eigenvalue weighted by Gasteiger charge is 2.38. The van der Waals surface area contributed by atoms with E-state index in [-0.39, 0.29) is 22.3 Å². The van der Waals surface area contributed by atoms with Crippen LogP contribution in [0.25, 0.3) is 22.4 Å². The van der Waals surface area contributed by atoms with Gasteiger partial charge in [0.1, 0.15) is 5.82 Å². The average molecular weight is 603 g/mol. The number of piperazine rings is 1. The van der Waals surface area contributed by atoms with Crippen LogP contribution in [0.3, 0.4) is 0 Å². The highest BCUT2D eigenvalue weighted by atomic mass is 32.2. The van der Waals surface area contributed by atoms with E-state index >= 15 is 0 Å². The summed E-state index contributed by atoms with van der Waals surface area (Å²) in [5.41, 5.74) is 2.08. The van der Waals surface area contributed by atoms with Crippen molar-refractivity contribution in [2.75, 3.05) is 31.1 Å². The standard InChI is InChI=1S/C27H24F3N5O4S2/c28-27(29,30)26-31-24(20-8-6-18(7-9-20)17-41(38)39)23(19-4-2-1-3-5-19)25(32-26)34-14-12-33(13-15-34)16-21-10-11-22(40-21)35(36)37/h1-11H,12-17H2,(H,38,39)/p-1. The topological polar surface area (TPSA) is 116 Å². The maximum atomic E-state index is 14.1. The second kappa shape index (κ2) is 12.0. The summed E-state index contributed by atoms with van der Waals surface area (Å²) >= 11 is -1.20. The third-order valence-corrected chi connectivity index (χ3v) is 8.19. The third-order valence-electron chi connectivity index (χ3n) is 6.60. The van der Waals surface area contributed by atoms with Crippen LogP contribution in [0.4, 0.5) is 24.0 Å².